The number of allylic oxidation sites excluding steroid dienone is 1. The normalized spacial score (nSPS) is 11.0. The molecule has 10 heavy (non-hydrogen) atoms. The van der Waals surface area contributed by atoms with E-state index in [0.29, 0.717) is 0 Å². The molecule has 0 heterocycles. The van der Waals surface area contributed by atoms with E-state index < -0.39 is 0 Å². The molecule has 2 heteroatoms. The highest BCUT2D eigenvalue weighted by Gasteiger charge is 1.78. The molecular formula is C8H15BrO. The maximum atomic E-state index is 5.23. The van der Waals surface area contributed by atoms with Crippen LogP contribution in [-0.4, -0.2) is 18.5 Å². The van der Waals surface area contributed by atoms with Crippen LogP contribution in [0.4, 0.5) is 0 Å². The first-order chi connectivity index (χ1) is 4.91. The van der Waals surface area contributed by atoms with E-state index in [2.05, 4.69) is 35.0 Å². The molecule has 0 saturated heterocycles. The smallest absolute Gasteiger partial charge is 0.0647 e. The molecule has 0 N–H and O–H groups in total. The second-order valence-corrected chi connectivity index (χ2v) is 2.82. The van der Waals surface area contributed by atoms with Crippen molar-refractivity contribution in [2.24, 2.45) is 0 Å². The van der Waals surface area contributed by atoms with Crippen LogP contribution in [-0.2, 0) is 4.74 Å². The van der Waals surface area contributed by atoms with Crippen molar-refractivity contribution in [3.63, 3.8) is 0 Å². The highest BCUT2D eigenvalue weighted by Crippen LogP contribution is 1.89. The number of hydrogen-bond donors (Lipinski definition) is 0. The number of ether oxygens (including phenoxy) is 1. The molecule has 0 aliphatic heterocycles. The third kappa shape index (κ3) is 8.18. The van der Waals surface area contributed by atoms with Gasteiger partial charge in [-0.2, -0.15) is 0 Å². The van der Waals surface area contributed by atoms with E-state index in [0.717, 1.165) is 31.4 Å². The third-order valence-electron chi connectivity index (χ3n) is 1.00. The van der Waals surface area contributed by atoms with Crippen LogP contribution >= 0.6 is 15.9 Å². The molecule has 0 rings (SSSR count). The Morgan fingerprint density at radius 1 is 1.40 bits per heavy atom. The predicted molar refractivity (Wildman–Crippen MR) is 48.7 cm³/mol. The lowest BCUT2D eigenvalue weighted by atomic mass is 10.4. The van der Waals surface area contributed by atoms with Crippen molar-refractivity contribution in [3.05, 3.63) is 12.2 Å². The Morgan fingerprint density at radius 2 is 2.20 bits per heavy atom. The molecule has 0 aliphatic carbocycles. The SMILES string of the molecule is CCCOCC=CCCBr. The summed E-state index contributed by atoms with van der Waals surface area (Å²) < 4.78 is 5.23. The van der Waals surface area contributed by atoms with Gasteiger partial charge in [0.2, 0.25) is 0 Å². The number of alkyl halides is 1. The molecule has 0 fully saturated rings. The first-order valence-electron chi connectivity index (χ1n) is 3.70. The zero-order valence-corrected chi connectivity index (χ0v) is 8.06. The van der Waals surface area contributed by atoms with Crippen molar-refractivity contribution < 1.29 is 4.74 Å². The average molecular weight is 207 g/mol. The van der Waals surface area contributed by atoms with Gasteiger partial charge in [0.15, 0.2) is 0 Å². The zero-order valence-electron chi connectivity index (χ0n) is 6.48. The minimum absolute atomic E-state index is 0.765. The van der Waals surface area contributed by atoms with Gasteiger partial charge in [-0.3, -0.25) is 0 Å². The van der Waals surface area contributed by atoms with Crippen LogP contribution in [0.25, 0.3) is 0 Å². The summed E-state index contributed by atoms with van der Waals surface area (Å²) in [4.78, 5) is 0. The second kappa shape index (κ2) is 9.18. The molecule has 1 nitrogen and oxygen atoms in total. The Kier molecular flexibility index (Phi) is 9.35. The van der Waals surface area contributed by atoms with Gasteiger partial charge in [0.05, 0.1) is 6.61 Å². The highest BCUT2D eigenvalue weighted by molar-refractivity contribution is 9.09. The maximum absolute atomic E-state index is 5.23. The lowest BCUT2D eigenvalue weighted by Crippen LogP contribution is -1.91. The standard InChI is InChI=1S/C8H15BrO/c1-2-7-10-8-5-3-4-6-9/h3,5H,2,4,6-8H2,1H3. The van der Waals surface area contributed by atoms with Crippen molar-refractivity contribution in [1.29, 1.82) is 0 Å². The van der Waals surface area contributed by atoms with Crippen LogP contribution in [0.3, 0.4) is 0 Å². The predicted octanol–water partition coefficient (Wildman–Crippen LogP) is 2.75. The van der Waals surface area contributed by atoms with E-state index in [1.54, 1.807) is 0 Å². The molecule has 0 aromatic heterocycles. The summed E-state index contributed by atoms with van der Waals surface area (Å²) in [6, 6.07) is 0. The highest BCUT2D eigenvalue weighted by atomic mass is 79.9. The van der Waals surface area contributed by atoms with Crippen LogP contribution in [0.15, 0.2) is 12.2 Å². The molecule has 60 valence electrons. The van der Waals surface area contributed by atoms with Crippen LogP contribution < -0.4 is 0 Å². The fourth-order valence-corrected chi connectivity index (χ4v) is 0.809. The molecule has 0 radical (unpaired) electrons. The first-order valence-corrected chi connectivity index (χ1v) is 4.82. The Balaban J connectivity index is 2.88. The van der Waals surface area contributed by atoms with E-state index in [1.807, 2.05) is 0 Å². The van der Waals surface area contributed by atoms with E-state index in [-0.39, 0.29) is 0 Å². The lowest BCUT2D eigenvalue weighted by Gasteiger charge is -1.94. The largest absolute Gasteiger partial charge is 0.377 e. The van der Waals surface area contributed by atoms with Crippen molar-refractivity contribution in [2.75, 3.05) is 18.5 Å². The van der Waals surface area contributed by atoms with Gasteiger partial charge < -0.3 is 4.74 Å². The molecule has 0 amide bonds. The van der Waals surface area contributed by atoms with Crippen molar-refractivity contribution in [1.82, 2.24) is 0 Å². The third-order valence-corrected chi connectivity index (χ3v) is 1.46. The summed E-state index contributed by atoms with van der Waals surface area (Å²) in [5, 5.41) is 1.04. The van der Waals surface area contributed by atoms with Gasteiger partial charge in [-0.25, -0.2) is 0 Å². The van der Waals surface area contributed by atoms with E-state index in [1.165, 1.54) is 0 Å². The number of hydrogen-bond acceptors (Lipinski definition) is 1. The molecule has 0 aromatic rings. The van der Waals surface area contributed by atoms with Crippen molar-refractivity contribution in [2.45, 2.75) is 19.8 Å². The average Bonchev–Trinajstić information content (AvgIpc) is 1.97. The summed E-state index contributed by atoms with van der Waals surface area (Å²) in [6.07, 6.45) is 6.39. The summed E-state index contributed by atoms with van der Waals surface area (Å²) in [7, 11) is 0. The van der Waals surface area contributed by atoms with Crippen LogP contribution in [0.1, 0.15) is 19.8 Å². The topological polar surface area (TPSA) is 9.23 Å². The molecule has 0 spiro atoms. The summed E-state index contributed by atoms with van der Waals surface area (Å²) in [6.45, 7) is 3.75. The molecule has 0 saturated carbocycles. The fraction of sp³-hybridized carbons (Fsp3) is 0.750. The van der Waals surface area contributed by atoms with Gasteiger partial charge in [0.1, 0.15) is 0 Å². The lowest BCUT2D eigenvalue weighted by molar-refractivity contribution is 0.163. The summed E-state index contributed by atoms with van der Waals surface area (Å²) in [5.74, 6) is 0. The number of rotatable bonds is 6. The van der Waals surface area contributed by atoms with Crippen molar-refractivity contribution in [3.8, 4) is 0 Å². The van der Waals surface area contributed by atoms with E-state index >= 15 is 0 Å². The fourth-order valence-electron chi connectivity index (χ4n) is 0.545. The molecular weight excluding hydrogens is 192 g/mol. The Labute approximate surface area is 71.6 Å². The Bertz CT molecular complexity index is 81.3. The Hall–Kier alpha value is 0.180. The van der Waals surface area contributed by atoms with Gasteiger partial charge in [0.25, 0.3) is 0 Å². The van der Waals surface area contributed by atoms with Gasteiger partial charge in [0, 0.05) is 11.9 Å². The Morgan fingerprint density at radius 3 is 2.80 bits per heavy atom. The van der Waals surface area contributed by atoms with Crippen molar-refractivity contribution >= 4 is 15.9 Å². The molecule has 0 atom stereocenters. The van der Waals surface area contributed by atoms with Gasteiger partial charge >= 0.3 is 0 Å². The summed E-state index contributed by atoms with van der Waals surface area (Å²) >= 11 is 3.34. The first kappa shape index (κ1) is 10.2. The quantitative estimate of drug-likeness (QED) is 0.369. The summed E-state index contributed by atoms with van der Waals surface area (Å²) in [5.41, 5.74) is 0. The molecule has 0 aliphatic rings. The van der Waals surface area contributed by atoms with Crippen LogP contribution in [0.5, 0.6) is 0 Å². The van der Waals surface area contributed by atoms with Crippen LogP contribution in [0, 0.1) is 0 Å². The second-order valence-electron chi connectivity index (χ2n) is 2.02. The molecule has 0 bridgehead atoms. The minimum Gasteiger partial charge on any atom is -0.377 e. The van der Waals surface area contributed by atoms with Crippen LogP contribution in [0.2, 0.25) is 0 Å². The van der Waals surface area contributed by atoms with Gasteiger partial charge in [-0.05, 0) is 12.8 Å². The monoisotopic (exact) mass is 206 g/mol. The minimum atomic E-state index is 0.765. The van der Waals surface area contributed by atoms with Gasteiger partial charge in [-0.15, -0.1) is 0 Å². The van der Waals surface area contributed by atoms with E-state index in [4.69, 9.17) is 4.74 Å². The number of halogens is 1. The van der Waals surface area contributed by atoms with E-state index in [9.17, 15) is 0 Å². The zero-order chi connectivity index (χ0) is 7.66. The van der Waals surface area contributed by atoms with Gasteiger partial charge in [-0.1, -0.05) is 35.0 Å². The maximum Gasteiger partial charge on any atom is 0.0647 e. The molecule has 0 unspecified atom stereocenters. The molecule has 0 aromatic carbocycles.